The van der Waals surface area contributed by atoms with Crippen molar-refractivity contribution in [2.45, 2.75) is 91.5 Å². The van der Waals surface area contributed by atoms with Crippen molar-refractivity contribution in [2.24, 2.45) is 39.7 Å². The SMILES string of the molecule is CCCC1C2CCC3C[C@@H](N=O)CC[C@]3(C)C2CCC1(C)C. The van der Waals surface area contributed by atoms with Gasteiger partial charge >= 0.3 is 0 Å². The third-order valence-corrected chi connectivity index (χ3v) is 8.09. The lowest BCUT2D eigenvalue weighted by Crippen LogP contribution is -2.53. The smallest absolute Gasteiger partial charge is 0.0922 e. The Bertz CT molecular complexity index is 418. The van der Waals surface area contributed by atoms with E-state index in [0.29, 0.717) is 10.8 Å². The maximum atomic E-state index is 11.0. The minimum atomic E-state index is 0.112. The summed E-state index contributed by atoms with van der Waals surface area (Å²) in [5, 5.41) is 3.39. The highest BCUT2D eigenvalue weighted by atomic mass is 16.3. The first-order valence-electron chi connectivity index (χ1n) is 9.75. The standard InChI is InChI=1S/C20H35NO/c1-5-6-17-16-8-7-14-13-15(21-22)9-12-20(14,4)18(16)10-11-19(17,2)3/h14-18H,5-13H2,1-4H3/t14?,15-,16?,17?,18?,20-/m0/s1. The Balaban J connectivity index is 1.84. The molecular formula is C20H35NO. The average molecular weight is 306 g/mol. The van der Waals surface area contributed by atoms with E-state index >= 15 is 0 Å². The molecule has 0 N–H and O–H groups in total. The highest BCUT2D eigenvalue weighted by Gasteiger charge is 2.55. The van der Waals surface area contributed by atoms with Crippen LogP contribution in [-0.2, 0) is 0 Å². The second kappa shape index (κ2) is 5.91. The monoisotopic (exact) mass is 305 g/mol. The molecule has 0 bridgehead atoms. The van der Waals surface area contributed by atoms with Gasteiger partial charge in [-0.2, -0.15) is 4.91 Å². The van der Waals surface area contributed by atoms with Crippen LogP contribution in [0.25, 0.3) is 0 Å². The summed E-state index contributed by atoms with van der Waals surface area (Å²) in [6.07, 6.45) is 11.7. The average Bonchev–Trinajstić information content (AvgIpc) is 2.49. The molecule has 0 radical (unpaired) electrons. The molecule has 3 rings (SSSR count). The normalized spacial score (nSPS) is 47.4. The van der Waals surface area contributed by atoms with Gasteiger partial charge in [-0.1, -0.05) is 39.3 Å². The highest BCUT2D eigenvalue weighted by Crippen LogP contribution is 2.63. The number of nitrogens with zero attached hydrogens (tertiary/aromatic N) is 1. The summed E-state index contributed by atoms with van der Waals surface area (Å²) in [5.41, 5.74) is 1.02. The lowest BCUT2D eigenvalue weighted by Gasteiger charge is -2.61. The van der Waals surface area contributed by atoms with E-state index < -0.39 is 0 Å². The predicted octanol–water partition coefficient (Wildman–Crippen LogP) is 6.19. The molecule has 3 fully saturated rings. The largest absolute Gasteiger partial charge is 0.151 e. The van der Waals surface area contributed by atoms with Crippen LogP contribution >= 0.6 is 0 Å². The van der Waals surface area contributed by atoms with Gasteiger partial charge in [-0.15, -0.1) is 0 Å². The quantitative estimate of drug-likeness (QED) is 0.571. The Labute approximate surface area is 136 Å². The Kier molecular flexibility index (Phi) is 4.42. The molecule has 126 valence electrons. The van der Waals surface area contributed by atoms with Gasteiger partial charge in [0.05, 0.1) is 6.04 Å². The van der Waals surface area contributed by atoms with Crippen molar-refractivity contribution in [3.8, 4) is 0 Å². The predicted molar refractivity (Wildman–Crippen MR) is 92.7 cm³/mol. The van der Waals surface area contributed by atoms with E-state index in [1.165, 1.54) is 44.9 Å². The van der Waals surface area contributed by atoms with Gasteiger partial charge in [0.1, 0.15) is 0 Å². The first kappa shape index (κ1) is 16.5. The van der Waals surface area contributed by atoms with Crippen molar-refractivity contribution in [2.75, 3.05) is 0 Å². The van der Waals surface area contributed by atoms with Crippen molar-refractivity contribution >= 4 is 0 Å². The molecule has 0 spiro atoms. The highest BCUT2D eigenvalue weighted by molar-refractivity contribution is 5.05. The molecular weight excluding hydrogens is 270 g/mol. The van der Waals surface area contributed by atoms with Gasteiger partial charge in [0.2, 0.25) is 0 Å². The Morgan fingerprint density at radius 2 is 1.82 bits per heavy atom. The van der Waals surface area contributed by atoms with Gasteiger partial charge in [0.15, 0.2) is 0 Å². The van der Waals surface area contributed by atoms with E-state index in [2.05, 4.69) is 32.9 Å². The van der Waals surface area contributed by atoms with Crippen molar-refractivity contribution in [3.05, 3.63) is 4.91 Å². The molecule has 3 aliphatic rings. The third-order valence-electron chi connectivity index (χ3n) is 8.09. The fraction of sp³-hybridized carbons (Fsp3) is 1.00. The van der Waals surface area contributed by atoms with Gasteiger partial charge in [0, 0.05) is 0 Å². The topological polar surface area (TPSA) is 29.4 Å². The van der Waals surface area contributed by atoms with E-state index in [1.807, 2.05) is 0 Å². The molecule has 6 atom stereocenters. The molecule has 3 aliphatic carbocycles. The number of hydrogen-bond donors (Lipinski definition) is 0. The van der Waals surface area contributed by atoms with E-state index in [1.54, 1.807) is 0 Å². The summed E-state index contributed by atoms with van der Waals surface area (Å²) < 4.78 is 0. The Morgan fingerprint density at radius 1 is 1.05 bits per heavy atom. The van der Waals surface area contributed by atoms with Crippen molar-refractivity contribution in [1.82, 2.24) is 0 Å². The molecule has 0 heterocycles. The summed E-state index contributed by atoms with van der Waals surface area (Å²) in [6.45, 7) is 9.96. The van der Waals surface area contributed by atoms with Gasteiger partial charge in [-0.05, 0) is 85.9 Å². The summed E-state index contributed by atoms with van der Waals surface area (Å²) in [7, 11) is 0. The molecule has 2 nitrogen and oxygen atoms in total. The molecule has 22 heavy (non-hydrogen) atoms. The maximum Gasteiger partial charge on any atom is 0.0922 e. The van der Waals surface area contributed by atoms with Gasteiger partial charge < -0.3 is 0 Å². The Morgan fingerprint density at radius 3 is 2.50 bits per heavy atom. The second-order valence-electron chi connectivity index (χ2n) is 9.51. The maximum absolute atomic E-state index is 11.0. The van der Waals surface area contributed by atoms with E-state index in [0.717, 1.165) is 36.5 Å². The number of fused-ring (bicyclic) bond motifs is 3. The van der Waals surface area contributed by atoms with Crippen molar-refractivity contribution in [3.63, 3.8) is 0 Å². The second-order valence-corrected chi connectivity index (χ2v) is 9.51. The third kappa shape index (κ3) is 2.55. The van der Waals surface area contributed by atoms with Gasteiger partial charge in [0.25, 0.3) is 0 Å². The molecule has 0 aliphatic heterocycles. The molecule has 0 aromatic rings. The van der Waals surface area contributed by atoms with Crippen LogP contribution in [0.2, 0.25) is 0 Å². The zero-order valence-electron chi connectivity index (χ0n) is 15.1. The molecule has 4 unspecified atom stereocenters. The molecule has 0 aromatic heterocycles. The minimum Gasteiger partial charge on any atom is -0.151 e. The van der Waals surface area contributed by atoms with Crippen molar-refractivity contribution < 1.29 is 0 Å². The first-order chi connectivity index (χ1) is 10.4. The summed E-state index contributed by atoms with van der Waals surface area (Å²) in [6, 6.07) is 0.112. The van der Waals surface area contributed by atoms with Gasteiger partial charge in [-0.3, -0.25) is 0 Å². The van der Waals surface area contributed by atoms with E-state index in [9.17, 15) is 4.91 Å². The fourth-order valence-electron chi connectivity index (χ4n) is 6.75. The number of nitroso groups, excluding NO2 is 1. The van der Waals surface area contributed by atoms with Crippen LogP contribution in [0, 0.1) is 39.4 Å². The summed E-state index contributed by atoms with van der Waals surface area (Å²) in [5.74, 6) is 3.51. The molecule has 0 saturated heterocycles. The zero-order chi connectivity index (χ0) is 16.0. The van der Waals surface area contributed by atoms with Crippen LogP contribution < -0.4 is 0 Å². The molecule has 2 heteroatoms. The zero-order valence-corrected chi connectivity index (χ0v) is 15.1. The molecule has 0 amide bonds. The van der Waals surface area contributed by atoms with Crippen LogP contribution in [0.5, 0.6) is 0 Å². The van der Waals surface area contributed by atoms with Crippen LogP contribution in [0.3, 0.4) is 0 Å². The fourth-order valence-corrected chi connectivity index (χ4v) is 6.75. The van der Waals surface area contributed by atoms with Crippen LogP contribution in [0.4, 0.5) is 0 Å². The molecule has 3 saturated carbocycles. The van der Waals surface area contributed by atoms with Crippen LogP contribution in [0.1, 0.15) is 85.5 Å². The van der Waals surface area contributed by atoms with E-state index in [-0.39, 0.29) is 6.04 Å². The van der Waals surface area contributed by atoms with Crippen molar-refractivity contribution in [1.29, 1.82) is 0 Å². The number of rotatable bonds is 3. The summed E-state index contributed by atoms with van der Waals surface area (Å²) >= 11 is 0. The van der Waals surface area contributed by atoms with E-state index in [4.69, 9.17) is 0 Å². The lowest BCUT2D eigenvalue weighted by atomic mass is 9.44. The lowest BCUT2D eigenvalue weighted by molar-refractivity contribution is -0.112. The summed E-state index contributed by atoms with van der Waals surface area (Å²) in [4.78, 5) is 11.0. The van der Waals surface area contributed by atoms with Crippen LogP contribution in [-0.4, -0.2) is 6.04 Å². The Hall–Kier alpha value is -0.400. The number of hydrogen-bond acceptors (Lipinski definition) is 2. The first-order valence-corrected chi connectivity index (χ1v) is 9.75. The minimum absolute atomic E-state index is 0.112. The molecule has 0 aromatic carbocycles. The van der Waals surface area contributed by atoms with Crippen LogP contribution in [0.15, 0.2) is 5.18 Å². The van der Waals surface area contributed by atoms with Gasteiger partial charge in [-0.25, -0.2) is 0 Å².